The molecule has 0 aliphatic heterocycles. The second kappa shape index (κ2) is 3.63. The standard InChI is InChI=1S/C16H10N2O2/c1-18-12-8-4-7-11-13(12)14(17-16(18)20)9-5-2-3-6-10(9)15(11)19/h2-8H,1H3. The van der Waals surface area contributed by atoms with Gasteiger partial charge in [-0.25, -0.2) is 4.79 Å². The number of aryl methyl sites for hydroxylation is 1. The minimum absolute atomic E-state index is 0.0147. The van der Waals surface area contributed by atoms with Gasteiger partial charge in [-0.2, -0.15) is 4.98 Å². The summed E-state index contributed by atoms with van der Waals surface area (Å²) in [6.07, 6.45) is 0. The van der Waals surface area contributed by atoms with Gasteiger partial charge in [0.25, 0.3) is 0 Å². The topological polar surface area (TPSA) is 52.0 Å². The van der Waals surface area contributed by atoms with Gasteiger partial charge in [0.15, 0.2) is 5.78 Å². The summed E-state index contributed by atoms with van der Waals surface area (Å²) in [4.78, 5) is 28.7. The second-order valence-electron chi connectivity index (χ2n) is 4.88. The molecule has 0 amide bonds. The molecule has 0 radical (unpaired) electrons. The zero-order valence-corrected chi connectivity index (χ0v) is 10.8. The van der Waals surface area contributed by atoms with Crippen LogP contribution in [-0.2, 0) is 7.05 Å². The molecule has 0 unspecified atom stereocenters. The van der Waals surface area contributed by atoms with E-state index in [1.54, 1.807) is 25.2 Å². The predicted octanol–water partition coefficient (Wildman–Crippen LogP) is 2.14. The molecular formula is C16H10N2O2. The van der Waals surface area contributed by atoms with E-state index in [2.05, 4.69) is 4.98 Å². The smallest absolute Gasteiger partial charge is 0.295 e. The second-order valence-corrected chi connectivity index (χ2v) is 4.88. The molecule has 0 spiro atoms. The maximum Gasteiger partial charge on any atom is 0.348 e. The molecule has 0 fully saturated rings. The first-order valence-electron chi connectivity index (χ1n) is 6.32. The van der Waals surface area contributed by atoms with E-state index in [1.165, 1.54) is 4.57 Å². The maximum atomic E-state index is 12.6. The Morgan fingerprint density at radius 3 is 2.40 bits per heavy atom. The number of nitrogens with zero attached hydrogens (tertiary/aromatic N) is 2. The maximum absolute atomic E-state index is 12.6. The highest BCUT2D eigenvalue weighted by Gasteiger charge is 2.26. The van der Waals surface area contributed by atoms with Crippen molar-refractivity contribution in [1.29, 1.82) is 0 Å². The van der Waals surface area contributed by atoms with Gasteiger partial charge in [-0.1, -0.05) is 36.4 Å². The van der Waals surface area contributed by atoms with Crippen LogP contribution in [0, 0.1) is 0 Å². The average molecular weight is 262 g/mol. The van der Waals surface area contributed by atoms with Crippen molar-refractivity contribution in [3.8, 4) is 11.3 Å². The Morgan fingerprint density at radius 1 is 0.900 bits per heavy atom. The Morgan fingerprint density at radius 2 is 1.60 bits per heavy atom. The minimum atomic E-state index is -0.311. The van der Waals surface area contributed by atoms with E-state index in [0.29, 0.717) is 16.8 Å². The molecule has 0 saturated carbocycles. The van der Waals surface area contributed by atoms with Gasteiger partial charge in [0.1, 0.15) is 0 Å². The van der Waals surface area contributed by atoms with E-state index >= 15 is 0 Å². The Hall–Kier alpha value is -2.75. The zero-order valence-electron chi connectivity index (χ0n) is 10.8. The Balaban J connectivity index is 2.33. The van der Waals surface area contributed by atoms with E-state index in [9.17, 15) is 9.59 Å². The van der Waals surface area contributed by atoms with Crippen molar-refractivity contribution in [2.45, 2.75) is 0 Å². The van der Waals surface area contributed by atoms with Crippen LogP contribution in [0.25, 0.3) is 22.2 Å². The molecule has 3 aromatic rings. The molecule has 20 heavy (non-hydrogen) atoms. The molecule has 1 aliphatic carbocycles. The number of benzene rings is 2. The molecule has 1 heterocycles. The lowest BCUT2D eigenvalue weighted by Gasteiger charge is -2.19. The fraction of sp³-hybridized carbons (Fsp3) is 0.0625. The number of ketones is 1. The predicted molar refractivity (Wildman–Crippen MR) is 75.9 cm³/mol. The minimum Gasteiger partial charge on any atom is -0.295 e. The SMILES string of the molecule is Cn1c(=O)nc2c3c(cccc31)C(=O)c1ccccc1-2. The molecular weight excluding hydrogens is 252 g/mol. The van der Waals surface area contributed by atoms with Gasteiger partial charge in [-0.3, -0.25) is 9.36 Å². The first-order valence-corrected chi connectivity index (χ1v) is 6.32. The third kappa shape index (κ3) is 1.23. The monoisotopic (exact) mass is 262 g/mol. The first kappa shape index (κ1) is 11.1. The van der Waals surface area contributed by atoms with Gasteiger partial charge in [0, 0.05) is 29.1 Å². The number of hydrogen-bond donors (Lipinski definition) is 0. The molecule has 1 aliphatic rings. The molecule has 0 N–H and O–H groups in total. The van der Waals surface area contributed by atoms with Gasteiger partial charge >= 0.3 is 5.69 Å². The van der Waals surface area contributed by atoms with Crippen LogP contribution in [0.4, 0.5) is 0 Å². The van der Waals surface area contributed by atoms with Gasteiger partial charge in [-0.05, 0) is 6.07 Å². The molecule has 1 aromatic heterocycles. The molecule has 96 valence electrons. The summed E-state index contributed by atoms with van der Waals surface area (Å²) in [5.41, 5.74) is 2.98. The van der Waals surface area contributed by atoms with Crippen LogP contribution in [0.2, 0.25) is 0 Å². The van der Waals surface area contributed by atoms with E-state index < -0.39 is 0 Å². The molecule has 0 atom stereocenters. The number of rotatable bonds is 0. The van der Waals surface area contributed by atoms with Gasteiger partial charge in [0.05, 0.1) is 11.2 Å². The Kier molecular flexibility index (Phi) is 2.02. The number of aromatic nitrogens is 2. The quantitative estimate of drug-likeness (QED) is 0.488. The third-order valence-corrected chi connectivity index (χ3v) is 3.81. The van der Waals surface area contributed by atoms with Crippen molar-refractivity contribution in [2.75, 3.05) is 0 Å². The fourth-order valence-corrected chi connectivity index (χ4v) is 2.81. The zero-order chi connectivity index (χ0) is 13.9. The highest BCUT2D eigenvalue weighted by Crippen LogP contribution is 2.36. The number of carbonyl (C=O) groups excluding carboxylic acids is 1. The van der Waals surface area contributed by atoms with E-state index in [1.807, 2.05) is 24.3 Å². The van der Waals surface area contributed by atoms with Gasteiger partial charge in [0.2, 0.25) is 0 Å². The van der Waals surface area contributed by atoms with Crippen molar-refractivity contribution in [1.82, 2.24) is 9.55 Å². The summed E-state index contributed by atoms with van der Waals surface area (Å²) in [7, 11) is 1.67. The average Bonchev–Trinajstić information content (AvgIpc) is 2.49. The molecule has 0 saturated heterocycles. The summed E-state index contributed by atoms with van der Waals surface area (Å²) in [5, 5.41) is 0.762. The van der Waals surface area contributed by atoms with Crippen LogP contribution in [0.1, 0.15) is 15.9 Å². The summed E-state index contributed by atoms with van der Waals surface area (Å²) in [5.74, 6) is -0.0147. The number of hydrogen-bond acceptors (Lipinski definition) is 3. The first-order chi connectivity index (χ1) is 9.68. The summed E-state index contributed by atoms with van der Waals surface area (Å²) < 4.78 is 1.48. The van der Waals surface area contributed by atoms with Crippen LogP contribution in [-0.4, -0.2) is 15.3 Å². The van der Waals surface area contributed by atoms with E-state index in [0.717, 1.165) is 16.5 Å². The van der Waals surface area contributed by atoms with Crippen LogP contribution in [0.3, 0.4) is 0 Å². The van der Waals surface area contributed by atoms with Crippen molar-refractivity contribution in [3.63, 3.8) is 0 Å². The summed E-state index contributed by atoms with van der Waals surface area (Å²) >= 11 is 0. The number of fused-ring (bicyclic) bond motifs is 2. The lowest BCUT2D eigenvalue weighted by atomic mass is 9.87. The van der Waals surface area contributed by atoms with E-state index in [4.69, 9.17) is 0 Å². The fourth-order valence-electron chi connectivity index (χ4n) is 2.81. The van der Waals surface area contributed by atoms with Crippen LogP contribution in [0.15, 0.2) is 47.3 Å². The highest BCUT2D eigenvalue weighted by molar-refractivity contribution is 6.24. The Labute approximate surface area is 114 Å². The molecule has 0 bridgehead atoms. The van der Waals surface area contributed by atoms with Crippen LogP contribution < -0.4 is 5.69 Å². The van der Waals surface area contributed by atoms with Crippen molar-refractivity contribution < 1.29 is 4.79 Å². The van der Waals surface area contributed by atoms with Crippen molar-refractivity contribution >= 4 is 16.7 Å². The summed E-state index contributed by atoms with van der Waals surface area (Å²) in [6.45, 7) is 0. The van der Waals surface area contributed by atoms with Crippen LogP contribution in [0.5, 0.6) is 0 Å². The molecule has 2 aromatic carbocycles. The van der Waals surface area contributed by atoms with Gasteiger partial charge in [-0.15, -0.1) is 0 Å². The van der Waals surface area contributed by atoms with Crippen molar-refractivity contribution in [3.05, 3.63) is 64.1 Å². The lowest BCUT2D eigenvalue weighted by Crippen LogP contribution is -2.24. The van der Waals surface area contributed by atoms with E-state index in [-0.39, 0.29) is 11.5 Å². The Bertz CT molecular complexity index is 954. The molecule has 4 rings (SSSR count). The summed E-state index contributed by atoms with van der Waals surface area (Å²) in [6, 6.07) is 12.7. The van der Waals surface area contributed by atoms with Crippen LogP contribution >= 0.6 is 0 Å². The van der Waals surface area contributed by atoms with Gasteiger partial charge < -0.3 is 0 Å². The lowest BCUT2D eigenvalue weighted by molar-refractivity contribution is 0.104. The normalized spacial score (nSPS) is 12.6. The van der Waals surface area contributed by atoms with Crippen molar-refractivity contribution in [2.24, 2.45) is 7.05 Å². The highest BCUT2D eigenvalue weighted by atomic mass is 16.1. The number of carbonyl (C=O) groups is 1. The molecule has 4 nitrogen and oxygen atoms in total. The third-order valence-electron chi connectivity index (χ3n) is 3.81. The molecule has 4 heteroatoms. The largest absolute Gasteiger partial charge is 0.348 e.